The van der Waals surface area contributed by atoms with E-state index in [0.717, 1.165) is 5.69 Å². The van der Waals surface area contributed by atoms with Crippen molar-refractivity contribution in [3.8, 4) is 11.5 Å². The first-order chi connectivity index (χ1) is 13.4. The molecule has 7 nitrogen and oxygen atoms in total. The van der Waals surface area contributed by atoms with E-state index in [1.807, 2.05) is 31.1 Å². The normalized spacial score (nSPS) is 10.4. The number of anilines is 2. The van der Waals surface area contributed by atoms with Crippen molar-refractivity contribution < 1.29 is 23.8 Å². The molecule has 0 aliphatic heterocycles. The molecular weight excluding hydrogens is 360 g/mol. The van der Waals surface area contributed by atoms with Gasteiger partial charge in [0.25, 0.3) is 5.91 Å². The second kappa shape index (κ2) is 10.0. The van der Waals surface area contributed by atoms with E-state index in [1.54, 1.807) is 43.5 Å². The quantitative estimate of drug-likeness (QED) is 0.557. The third-order valence-corrected chi connectivity index (χ3v) is 3.85. The number of carbonyl (C=O) groups is 2. The molecule has 148 valence electrons. The summed E-state index contributed by atoms with van der Waals surface area (Å²) in [6, 6.07) is 12.5. The number of esters is 1. The molecule has 0 fully saturated rings. The third-order valence-electron chi connectivity index (χ3n) is 3.85. The fourth-order valence-corrected chi connectivity index (χ4v) is 2.34. The van der Waals surface area contributed by atoms with Gasteiger partial charge in [-0.05, 0) is 42.5 Å². The van der Waals surface area contributed by atoms with Crippen molar-refractivity contribution in [2.75, 3.05) is 45.1 Å². The zero-order valence-corrected chi connectivity index (χ0v) is 16.4. The standard InChI is InChI=1S/C21H24N2O5/c1-23(2)17-9-7-16(8-10-17)22-20(24)14-28-21(25)12-6-15-5-11-18(26-3)13-19(15)27-4/h5-13H,14H2,1-4H3,(H,22,24)/b12-6+. The lowest BCUT2D eigenvalue weighted by Gasteiger charge is -2.13. The summed E-state index contributed by atoms with van der Waals surface area (Å²) < 4.78 is 15.4. The van der Waals surface area contributed by atoms with E-state index >= 15 is 0 Å². The fraction of sp³-hybridized carbons (Fsp3) is 0.238. The Morgan fingerprint density at radius 3 is 2.36 bits per heavy atom. The van der Waals surface area contributed by atoms with Crippen LogP contribution < -0.4 is 19.7 Å². The number of nitrogens with one attached hydrogen (secondary N) is 1. The van der Waals surface area contributed by atoms with Gasteiger partial charge in [0.05, 0.1) is 14.2 Å². The Kier molecular flexibility index (Phi) is 7.45. The van der Waals surface area contributed by atoms with E-state index in [-0.39, 0.29) is 6.61 Å². The van der Waals surface area contributed by atoms with E-state index in [1.165, 1.54) is 13.2 Å². The predicted octanol–water partition coefficient (Wildman–Crippen LogP) is 2.96. The maximum atomic E-state index is 11.9. The van der Waals surface area contributed by atoms with Gasteiger partial charge in [-0.2, -0.15) is 0 Å². The molecule has 7 heteroatoms. The number of amides is 1. The van der Waals surface area contributed by atoms with E-state index in [4.69, 9.17) is 14.2 Å². The molecule has 0 spiro atoms. The highest BCUT2D eigenvalue weighted by molar-refractivity contribution is 5.94. The molecule has 0 heterocycles. The van der Waals surface area contributed by atoms with Gasteiger partial charge in [-0.1, -0.05) is 0 Å². The summed E-state index contributed by atoms with van der Waals surface area (Å²) in [5.74, 6) is 0.159. The van der Waals surface area contributed by atoms with Crippen LogP contribution >= 0.6 is 0 Å². The molecule has 0 unspecified atom stereocenters. The molecule has 1 N–H and O–H groups in total. The minimum atomic E-state index is -0.629. The highest BCUT2D eigenvalue weighted by Crippen LogP contribution is 2.25. The van der Waals surface area contributed by atoms with Crippen molar-refractivity contribution in [1.29, 1.82) is 0 Å². The largest absolute Gasteiger partial charge is 0.497 e. The van der Waals surface area contributed by atoms with E-state index < -0.39 is 11.9 Å². The molecule has 0 radical (unpaired) electrons. The maximum Gasteiger partial charge on any atom is 0.331 e. The van der Waals surface area contributed by atoms with Gasteiger partial charge in [0, 0.05) is 43.2 Å². The minimum absolute atomic E-state index is 0.377. The summed E-state index contributed by atoms with van der Waals surface area (Å²) in [6.45, 7) is -0.377. The number of ether oxygens (including phenoxy) is 3. The molecular formula is C21H24N2O5. The number of hydrogen-bond donors (Lipinski definition) is 1. The van der Waals surface area contributed by atoms with Gasteiger partial charge in [-0.15, -0.1) is 0 Å². The Labute approximate surface area is 164 Å². The van der Waals surface area contributed by atoms with Crippen LogP contribution in [0, 0.1) is 0 Å². The molecule has 0 atom stereocenters. The van der Waals surface area contributed by atoms with Crippen LogP contribution in [-0.4, -0.2) is 46.8 Å². The molecule has 2 rings (SSSR count). The Hall–Kier alpha value is -3.48. The second-order valence-electron chi connectivity index (χ2n) is 6.04. The lowest BCUT2D eigenvalue weighted by molar-refractivity contribution is -0.142. The molecule has 1 amide bonds. The zero-order valence-electron chi connectivity index (χ0n) is 16.4. The molecule has 0 aliphatic carbocycles. The predicted molar refractivity (Wildman–Crippen MR) is 109 cm³/mol. The van der Waals surface area contributed by atoms with Gasteiger partial charge in [0.2, 0.25) is 0 Å². The first kappa shape index (κ1) is 20.8. The van der Waals surface area contributed by atoms with Crippen LogP contribution in [0.5, 0.6) is 11.5 Å². The van der Waals surface area contributed by atoms with Gasteiger partial charge in [0.15, 0.2) is 6.61 Å². The van der Waals surface area contributed by atoms with Crippen LogP contribution in [0.1, 0.15) is 5.56 Å². The third kappa shape index (κ3) is 6.05. The lowest BCUT2D eigenvalue weighted by Crippen LogP contribution is -2.20. The number of rotatable bonds is 8. The summed E-state index contributed by atoms with van der Waals surface area (Å²) in [5, 5.41) is 2.68. The number of carbonyl (C=O) groups excluding carboxylic acids is 2. The highest BCUT2D eigenvalue weighted by atomic mass is 16.5. The Morgan fingerprint density at radius 2 is 1.75 bits per heavy atom. The molecule has 0 bridgehead atoms. The van der Waals surface area contributed by atoms with Gasteiger partial charge >= 0.3 is 5.97 Å². The first-order valence-corrected chi connectivity index (χ1v) is 8.57. The van der Waals surface area contributed by atoms with Crippen LogP contribution in [0.3, 0.4) is 0 Å². The van der Waals surface area contributed by atoms with Gasteiger partial charge in [-0.3, -0.25) is 4.79 Å². The summed E-state index contributed by atoms with van der Waals surface area (Å²) in [6.07, 6.45) is 2.79. The van der Waals surface area contributed by atoms with Crippen molar-refractivity contribution in [1.82, 2.24) is 0 Å². The summed E-state index contributed by atoms with van der Waals surface area (Å²) >= 11 is 0. The van der Waals surface area contributed by atoms with Gasteiger partial charge in [-0.25, -0.2) is 4.79 Å². The summed E-state index contributed by atoms with van der Waals surface area (Å²) in [4.78, 5) is 25.7. The number of hydrogen-bond acceptors (Lipinski definition) is 6. The molecule has 2 aromatic carbocycles. The van der Waals surface area contributed by atoms with Crippen LogP contribution in [0.4, 0.5) is 11.4 Å². The average molecular weight is 384 g/mol. The molecule has 0 saturated heterocycles. The highest BCUT2D eigenvalue weighted by Gasteiger charge is 2.07. The van der Waals surface area contributed by atoms with Crippen LogP contribution in [-0.2, 0) is 14.3 Å². The maximum absolute atomic E-state index is 11.9. The van der Waals surface area contributed by atoms with Crippen molar-refractivity contribution in [3.05, 3.63) is 54.1 Å². The summed E-state index contributed by atoms with van der Waals surface area (Å²) in [5.41, 5.74) is 2.33. The first-order valence-electron chi connectivity index (χ1n) is 8.57. The van der Waals surface area contributed by atoms with E-state index in [9.17, 15) is 9.59 Å². The van der Waals surface area contributed by atoms with Crippen molar-refractivity contribution >= 4 is 29.3 Å². The SMILES string of the molecule is COc1ccc(/C=C/C(=O)OCC(=O)Nc2ccc(N(C)C)cc2)c(OC)c1. The number of benzene rings is 2. The smallest absolute Gasteiger partial charge is 0.331 e. The molecule has 0 aliphatic rings. The van der Waals surface area contributed by atoms with Gasteiger partial charge < -0.3 is 24.4 Å². The van der Waals surface area contributed by atoms with Crippen LogP contribution in [0.15, 0.2) is 48.5 Å². The lowest BCUT2D eigenvalue weighted by atomic mass is 10.2. The molecule has 28 heavy (non-hydrogen) atoms. The minimum Gasteiger partial charge on any atom is -0.497 e. The summed E-state index contributed by atoms with van der Waals surface area (Å²) in [7, 11) is 6.95. The Morgan fingerprint density at radius 1 is 1.04 bits per heavy atom. The zero-order chi connectivity index (χ0) is 20.5. The van der Waals surface area contributed by atoms with Crippen molar-refractivity contribution in [2.24, 2.45) is 0 Å². The van der Waals surface area contributed by atoms with E-state index in [2.05, 4.69) is 5.32 Å². The molecule has 0 aromatic heterocycles. The van der Waals surface area contributed by atoms with Crippen molar-refractivity contribution in [3.63, 3.8) is 0 Å². The number of nitrogens with zero attached hydrogens (tertiary/aromatic N) is 1. The monoisotopic (exact) mass is 384 g/mol. The average Bonchev–Trinajstić information content (AvgIpc) is 2.70. The Balaban J connectivity index is 1.86. The van der Waals surface area contributed by atoms with Crippen LogP contribution in [0.2, 0.25) is 0 Å². The molecule has 0 saturated carbocycles. The van der Waals surface area contributed by atoms with E-state index in [0.29, 0.717) is 22.7 Å². The Bertz CT molecular complexity index is 844. The molecule has 2 aromatic rings. The second-order valence-corrected chi connectivity index (χ2v) is 6.04. The van der Waals surface area contributed by atoms with Crippen molar-refractivity contribution in [2.45, 2.75) is 0 Å². The fourth-order valence-electron chi connectivity index (χ4n) is 2.34. The van der Waals surface area contributed by atoms with Gasteiger partial charge in [0.1, 0.15) is 11.5 Å². The number of methoxy groups -OCH3 is 2. The topological polar surface area (TPSA) is 77.1 Å². The van der Waals surface area contributed by atoms with Crippen LogP contribution in [0.25, 0.3) is 6.08 Å².